The van der Waals surface area contributed by atoms with Crippen molar-refractivity contribution >= 4 is 11.7 Å². The third kappa shape index (κ3) is 3.49. The minimum atomic E-state index is -0.257. The summed E-state index contributed by atoms with van der Waals surface area (Å²) in [4.78, 5) is 11.8. The molecule has 0 saturated heterocycles. The summed E-state index contributed by atoms with van der Waals surface area (Å²) in [5.74, 6) is -0.257. The number of ether oxygens (including phenoxy) is 1. The smallest absolute Gasteiger partial charge is 0.338 e. The highest BCUT2D eigenvalue weighted by Gasteiger charge is 2.13. The number of nitrogen functional groups attached to an aromatic ring is 1. The average molecular weight is 249 g/mol. The van der Waals surface area contributed by atoms with Crippen LogP contribution >= 0.6 is 0 Å². The van der Waals surface area contributed by atoms with E-state index in [0.717, 1.165) is 42.5 Å². The van der Waals surface area contributed by atoms with E-state index in [2.05, 4.69) is 13.8 Å². The van der Waals surface area contributed by atoms with Crippen molar-refractivity contribution in [2.45, 2.75) is 46.5 Å². The van der Waals surface area contributed by atoms with E-state index in [1.807, 2.05) is 19.1 Å². The van der Waals surface area contributed by atoms with Gasteiger partial charge in [0.25, 0.3) is 0 Å². The fourth-order valence-corrected chi connectivity index (χ4v) is 2.06. The summed E-state index contributed by atoms with van der Waals surface area (Å²) >= 11 is 0. The maximum absolute atomic E-state index is 11.8. The number of hydrogen-bond donors (Lipinski definition) is 1. The molecule has 1 aromatic carbocycles. The van der Waals surface area contributed by atoms with Gasteiger partial charge >= 0.3 is 5.97 Å². The number of aryl methyl sites for hydroxylation is 2. The van der Waals surface area contributed by atoms with Crippen LogP contribution in [-0.2, 0) is 17.6 Å². The van der Waals surface area contributed by atoms with Crippen LogP contribution in [0, 0.1) is 0 Å². The fraction of sp³-hybridized carbons (Fsp3) is 0.533. The number of hydrogen-bond acceptors (Lipinski definition) is 3. The van der Waals surface area contributed by atoms with Crippen LogP contribution in [0.5, 0.6) is 0 Å². The summed E-state index contributed by atoms with van der Waals surface area (Å²) in [6.07, 6.45) is 3.83. The molecule has 3 heteroatoms. The molecule has 0 aliphatic carbocycles. The topological polar surface area (TPSA) is 52.3 Å². The molecule has 18 heavy (non-hydrogen) atoms. The predicted octanol–water partition coefficient (Wildman–Crippen LogP) is 3.35. The van der Waals surface area contributed by atoms with Gasteiger partial charge in [-0.2, -0.15) is 0 Å². The average Bonchev–Trinajstić information content (AvgIpc) is 2.34. The lowest BCUT2D eigenvalue weighted by Crippen LogP contribution is -2.09. The van der Waals surface area contributed by atoms with Gasteiger partial charge in [-0.05, 0) is 43.0 Å². The molecule has 0 aromatic heterocycles. The van der Waals surface area contributed by atoms with Crippen LogP contribution in [0.25, 0.3) is 0 Å². The molecule has 0 radical (unpaired) electrons. The van der Waals surface area contributed by atoms with Crippen molar-refractivity contribution in [3.63, 3.8) is 0 Å². The van der Waals surface area contributed by atoms with E-state index in [1.54, 1.807) is 0 Å². The molecule has 0 unspecified atom stereocenters. The molecule has 0 heterocycles. The van der Waals surface area contributed by atoms with Gasteiger partial charge in [-0.25, -0.2) is 4.79 Å². The second kappa shape index (κ2) is 7.04. The molecule has 2 N–H and O–H groups in total. The van der Waals surface area contributed by atoms with E-state index >= 15 is 0 Å². The SMILES string of the molecule is CCCc1cc(C(=O)OCC)cc(CCC)c1N. The van der Waals surface area contributed by atoms with Gasteiger partial charge in [0, 0.05) is 5.69 Å². The predicted molar refractivity (Wildman–Crippen MR) is 74.8 cm³/mol. The Morgan fingerprint density at radius 3 is 2.00 bits per heavy atom. The molecule has 3 nitrogen and oxygen atoms in total. The maximum atomic E-state index is 11.8. The summed E-state index contributed by atoms with van der Waals surface area (Å²) in [5.41, 5.74) is 9.73. The van der Waals surface area contributed by atoms with Crippen molar-refractivity contribution in [2.75, 3.05) is 12.3 Å². The Labute approximate surface area is 109 Å². The van der Waals surface area contributed by atoms with Gasteiger partial charge < -0.3 is 10.5 Å². The van der Waals surface area contributed by atoms with E-state index in [1.165, 1.54) is 0 Å². The van der Waals surface area contributed by atoms with Crippen molar-refractivity contribution in [3.8, 4) is 0 Å². The Hall–Kier alpha value is -1.51. The Morgan fingerprint density at radius 2 is 1.61 bits per heavy atom. The van der Waals surface area contributed by atoms with Crippen molar-refractivity contribution in [2.24, 2.45) is 0 Å². The summed E-state index contributed by atoms with van der Waals surface area (Å²) in [5, 5.41) is 0. The number of benzene rings is 1. The molecule has 100 valence electrons. The summed E-state index contributed by atoms with van der Waals surface area (Å²) in [7, 11) is 0. The lowest BCUT2D eigenvalue weighted by Gasteiger charge is -2.13. The Balaban J connectivity index is 3.15. The Morgan fingerprint density at radius 1 is 1.11 bits per heavy atom. The second-order valence-corrected chi connectivity index (χ2v) is 4.43. The van der Waals surface area contributed by atoms with Crippen molar-refractivity contribution in [1.29, 1.82) is 0 Å². The van der Waals surface area contributed by atoms with E-state index in [-0.39, 0.29) is 5.97 Å². The molecule has 0 atom stereocenters. The largest absolute Gasteiger partial charge is 0.462 e. The van der Waals surface area contributed by atoms with E-state index in [0.29, 0.717) is 12.2 Å². The molecular formula is C15H23NO2. The van der Waals surface area contributed by atoms with Gasteiger partial charge in [0.2, 0.25) is 0 Å². The number of esters is 1. The van der Waals surface area contributed by atoms with Crippen LogP contribution in [0.3, 0.4) is 0 Å². The van der Waals surface area contributed by atoms with Crippen LogP contribution in [-0.4, -0.2) is 12.6 Å². The van der Waals surface area contributed by atoms with Crippen LogP contribution < -0.4 is 5.73 Å². The first-order chi connectivity index (χ1) is 8.63. The molecule has 0 spiro atoms. The van der Waals surface area contributed by atoms with Gasteiger partial charge in [-0.3, -0.25) is 0 Å². The zero-order valence-electron chi connectivity index (χ0n) is 11.6. The number of anilines is 1. The lowest BCUT2D eigenvalue weighted by atomic mass is 9.97. The quantitative estimate of drug-likeness (QED) is 0.621. The number of carbonyl (C=O) groups is 1. The molecule has 0 amide bonds. The maximum Gasteiger partial charge on any atom is 0.338 e. The van der Waals surface area contributed by atoms with Gasteiger partial charge in [0.05, 0.1) is 12.2 Å². The molecule has 0 saturated carbocycles. The Bertz CT molecular complexity index is 386. The molecule has 0 fully saturated rings. The van der Waals surface area contributed by atoms with Crippen molar-refractivity contribution in [1.82, 2.24) is 0 Å². The van der Waals surface area contributed by atoms with Crippen molar-refractivity contribution < 1.29 is 9.53 Å². The van der Waals surface area contributed by atoms with Crippen LogP contribution in [0.1, 0.15) is 55.1 Å². The number of carbonyl (C=O) groups excluding carboxylic acids is 1. The number of nitrogens with two attached hydrogens (primary N) is 1. The highest BCUT2D eigenvalue weighted by atomic mass is 16.5. The van der Waals surface area contributed by atoms with Crippen LogP contribution in [0.4, 0.5) is 5.69 Å². The van der Waals surface area contributed by atoms with Crippen LogP contribution in [0.2, 0.25) is 0 Å². The first-order valence-corrected chi connectivity index (χ1v) is 6.72. The van der Waals surface area contributed by atoms with Gasteiger partial charge in [0.1, 0.15) is 0 Å². The Kier molecular flexibility index (Phi) is 5.69. The molecular weight excluding hydrogens is 226 g/mol. The molecule has 1 rings (SSSR count). The third-order valence-corrected chi connectivity index (χ3v) is 2.90. The highest BCUT2D eigenvalue weighted by Crippen LogP contribution is 2.23. The summed E-state index contributed by atoms with van der Waals surface area (Å²) < 4.78 is 5.05. The van der Waals surface area contributed by atoms with E-state index < -0.39 is 0 Å². The molecule has 0 aliphatic heterocycles. The van der Waals surface area contributed by atoms with Gasteiger partial charge in [-0.15, -0.1) is 0 Å². The minimum Gasteiger partial charge on any atom is -0.462 e. The van der Waals surface area contributed by atoms with Crippen molar-refractivity contribution in [3.05, 3.63) is 28.8 Å². The van der Waals surface area contributed by atoms with E-state index in [9.17, 15) is 4.79 Å². The second-order valence-electron chi connectivity index (χ2n) is 4.43. The van der Waals surface area contributed by atoms with Gasteiger partial charge in [0.15, 0.2) is 0 Å². The summed E-state index contributed by atoms with van der Waals surface area (Å²) in [6, 6.07) is 3.74. The first-order valence-electron chi connectivity index (χ1n) is 6.72. The van der Waals surface area contributed by atoms with E-state index in [4.69, 9.17) is 10.5 Å². The zero-order chi connectivity index (χ0) is 13.5. The number of rotatable bonds is 6. The first kappa shape index (κ1) is 14.6. The summed E-state index contributed by atoms with van der Waals surface area (Å²) in [6.45, 7) is 6.43. The standard InChI is InChI=1S/C15H23NO2/c1-4-7-11-9-13(15(17)18-6-3)10-12(8-5-2)14(11)16/h9-10H,4-8,16H2,1-3H3. The lowest BCUT2D eigenvalue weighted by molar-refractivity contribution is 0.0526. The molecule has 1 aromatic rings. The molecule has 0 bridgehead atoms. The van der Waals surface area contributed by atoms with Gasteiger partial charge in [-0.1, -0.05) is 26.7 Å². The van der Waals surface area contributed by atoms with Crippen LogP contribution in [0.15, 0.2) is 12.1 Å². The fourth-order valence-electron chi connectivity index (χ4n) is 2.06. The monoisotopic (exact) mass is 249 g/mol. The highest BCUT2D eigenvalue weighted by molar-refractivity contribution is 5.90. The normalized spacial score (nSPS) is 10.4. The minimum absolute atomic E-state index is 0.257. The molecule has 0 aliphatic rings. The zero-order valence-corrected chi connectivity index (χ0v) is 11.6. The third-order valence-electron chi connectivity index (χ3n) is 2.90.